The van der Waals surface area contributed by atoms with Crippen LogP contribution in [0.15, 0.2) is 23.2 Å². The van der Waals surface area contributed by atoms with E-state index in [2.05, 4.69) is 40.3 Å². The number of nitrogens with one attached hydrogen (secondary N) is 1. The molecule has 0 saturated heterocycles. The van der Waals surface area contributed by atoms with E-state index < -0.39 is 0 Å². The summed E-state index contributed by atoms with van der Waals surface area (Å²) in [5, 5.41) is 3.09. The van der Waals surface area contributed by atoms with E-state index in [1.807, 2.05) is 0 Å². The zero-order valence-electron chi connectivity index (χ0n) is 10.1. The SMILES string of the molecule is CC#CCN=C(N)Nc1ccc2c(c1)CCC2. The molecule has 0 aromatic heterocycles. The highest BCUT2D eigenvalue weighted by Crippen LogP contribution is 2.24. The van der Waals surface area contributed by atoms with E-state index in [-0.39, 0.29) is 0 Å². The lowest BCUT2D eigenvalue weighted by Gasteiger charge is -2.07. The van der Waals surface area contributed by atoms with E-state index in [4.69, 9.17) is 5.73 Å². The Labute approximate surface area is 102 Å². The van der Waals surface area contributed by atoms with Gasteiger partial charge in [0.2, 0.25) is 0 Å². The predicted octanol–water partition coefficient (Wildman–Crippen LogP) is 1.93. The number of anilines is 1. The molecule has 0 atom stereocenters. The number of fused-ring (bicyclic) bond motifs is 1. The monoisotopic (exact) mass is 227 g/mol. The first-order valence-corrected chi connectivity index (χ1v) is 5.88. The topological polar surface area (TPSA) is 50.4 Å². The van der Waals surface area contributed by atoms with Crippen LogP contribution in [0, 0.1) is 11.8 Å². The summed E-state index contributed by atoms with van der Waals surface area (Å²) >= 11 is 0. The van der Waals surface area contributed by atoms with Crippen LogP contribution in [0.25, 0.3) is 0 Å². The maximum absolute atomic E-state index is 5.76. The number of hydrogen-bond donors (Lipinski definition) is 2. The van der Waals surface area contributed by atoms with Gasteiger partial charge in [0, 0.05) is 5.69 Å². The Morgan fingerprint density at radius 1 is 1.41 bits per heavy atom. The Bertz CT molecular complexity index is 492. The van der Waals surface area contributed by atoms with Gasteiger partial charge in [-0.2, -0.15) is 0 Å². The molecule has 1 aliphatic carbocycles. The van der Waals surface area contributed by atoms with Crippen molar-refractivity contribution in [2.75, 3.05) is 11.9 Å². The fourth-order valence-electron chi connectivity index (χ4n) is 2.04. The highest BCUT2D eigenvalue weighted by molar-refractivity contribution is 5.92. The number of hydrogen-bond acceptors (Lipinski definition) is 1. The number of nitrogens with zero attached hydrogens (tertiary/aromatic N) is 1. The molecule has 0 saturated carbocycles. The average Bonchev–Trinajstić information content (AvgIpc) is 2.76. The van der Waals surface area contributed by atoms with Crippen LogP contribution in [0.5, 0.6) is 0 Å². The van der Waals surface area contributed by atoms with Crippen LogP contribution in [0.4, 0.5) is 5.69 Å². The zero-order chi connectivity index (χ0) is 12.1. The van der Waals surface area contributed by atoms with E-state index in [0.29, 0.717) is 12.5 Å². The Morgan fingerprint density at radius 3 is 3.06 bits per heavy atom. The van der Waals surface area contributed by atoms with Crippen molar-refractivity contribution >= 4 is 11.6 Å². The van der Waals surface area contributed by atoms with E-state index in [0.717, 1.165) is 5.69 Å². The molecule has 0 aliphatic heterocycles. The minimum absolute atomic E-state index is 0.422. The van der Waals surface area contributed by atoms with Gasteiger partial charge in [-0.15, -0.1) is 5.92 Å². The largest absolute Gasteiger partial charge is 0.370 e. The predicted molar refractivity (Wildman–Crippen MR) is 72.0 cm³/mol. The smallest absolute Gasteiger partial charge is 0.194 e. The highest BCUT2D eigenvalue weighted by atomic mass is 15.1. The van der Waals surface area contributed by atoms with Gasteiger partial charge in [0.05, 0.1) is 0 Å². The summed E-state index contributed by atoms with van der Waals surface area (Å²) in [6.07, 6.45) is 3.63. The molecule has 3 nitrogen and oxygen atoms in total. The summed E-state index contributed by atoms with van der Waals surface area (Å²) in [7, 11) is 0. The van der Waals surface area contributed by atoms with Gasteiger partial charge in [-0.1, -0.05) is 12.0 Å². The lowest BCUT2D eigenvalue weighted by Crippen LogP contribution is -2.22. The number of benzene rings is 1. The molecule has 0 amide bonds. The third-order valence-electron chi connectivity index (χ3n) is 2.88. The summed E-state index contributed by atoms with van der Waals surface area (Å²) in [5.41, 5.74) is 9.66. The lowest BCUT2D eigenvalue weighted by atomic mass is 10.1. The molecule has 3 heteroatoms. The molecule has 0 spiro atoms. The van der Waals surface area contributed by atoms with Gasteiger partial charge in [0.15, 0.2) is 5.96 Å². The summed E-state index contributed by atoms with van der Waals surface area (Å²) < 4.78 is 0. The fraction of sp³-hybridized carbons (Fsp3) is 0.357. The molecule has 0 bridgehead atoms. The Morgan fingerprint density at radius 2 is 2.24 bits per heavy atom. The number of aliphatic imine (C=N–C) groups is 1. The third-order valence-corrected chi connectivity index (χ3v) is 2.88. The van der Waals surface area contributed by atoms with Gasteiger partial charge in [-0.3, -0.25) is 0 Å². The van der Waals surface area contributed by atoms with E-state index >= 15 is 0 Å². The van der Waals surface area contributed by atoms with Crippen molar-refractivity contribution in [1.82, 2.24) is 0 Å². The standard InChI is InChI=1S/C14H17N3/c1-2-3-9-16-14(15)17-13-8-7-11-5-4-6-12(11)10-13/h7-8,10H,4-6,9H2,1H3,(H3,15,16,17). The van der Waals surface area contributed by atoms with E-state index in [9.17, 15) is 0 Å². The van der Waals surface area contributed by atoms with Crippen LogP contribution in [0.2, 0.25) is 0 Å². The van der Waals surface area contributed by atoms with Gasteiger partial charge in [-0.25, -0.2) is 4.99 Å². The average molecular weight is 227 g/mol. The van der Waals surface area contributed by atoms with Crippen molar-refractivity contribution in [3.05, 3.63) is 29.3 Å². The normalized spacial score (nSPS) is 13.8. The van der Waals surface area contributed by atoms with Gasteiger partial charge in [-0.05, 0) is 49.4 Å². The van der Waals surface area contributed by atoms with Crippen molar-refractivity contribution in [3.8, 4) is 11.8 Å². The van der Waals surface area contributed by atoms with Crippen LogP contribution in [0.1, 0.15) is 24.5 Å². The Kier molecular flexibility index (Phi) is 3.66. The fourth-order valence-corrected chi connectivity index (χ4v) is 2.04. The minimum Gasteiger partial charge on any atom is -0.370 e. The molecule has 1 aromatic rings. The van der Waals surface area contributed by atoms with Gasteiger partial charge >= 0.3 is 0 Å². The molecular formula is C14H17N3. The maximum atomic E-state index is 5.76. The van der Waals surface area contributed by atoms with Crippen molar-refractivity contribution in [3.63, 3.8) is 0 Å². The van der Waals surface area contributed by atoms with E-state index in [1.165, 1.54) is 30.4 Å². The molecule has 1 aliphatic rings. The first-order valence-electron chi connectivity index (χ1n) is 5.88. The molecule has 1 aromatic carbocycles. The Balaban J connectivity index is 2.03. The summed E-state index contributed by atoms with van der Waals surface area (Å²) in [4.78, 5) is 4.11. The van der Waals surface area contributed by atoms with Crippen molar-refractivity contribution in [1.29, 1.82) is 0 Å². The van der Waals surface area contributed by atoms with Crippen LogP contribution < -0.4 is 11.1 Å². The molecule has 3 N–H and O–H groups in total. The highest BCUT2D eigenvalue weighted by Gasteiger charge is 2.10. The molecule has 17 heavy (non-hydrogen) atoms. The third kappa shape index (κ3) is 3.01. The van der Waals surface area contributed by atoms with Crippen molar-refractivity contribution in [2.24, 2.45) is 10.7 Å². The molecule has 88 valence electrons. The van der Waals surface area contributed by atoms with Crippen molar-refractivity contribution < 1.29 is 0 Å². The van der Waals surface area contributed by atoms with Crippen LogP contribution in [-0.4, -0.2) is 12.5 Å². The van der Waals surface area contributed by atoms with Crippen LogP contribution >= 0.6 is 0 Å². The number of nitrogens with two attached hydrogens (primary N) is 1. The quantitative estimate of drug-likeness (QED) is 0.461. The summed E-state index contributed by atoms with van der Waals surface area (Å²) in [6.45, 7) is 2.24. The molecule has 2 rings (SSSR count). The molecule has 0 unspecified atom stereocenters. The minimum atomic E-state index is 0.422. The molecule has 0 radical (unpaired) electrons. The zero-order valence-corrected chi connectivity index (χ0v) is 10.1. The number of guanidine groups is 1. The second-order valence-electron chi connectivity index (χ2n) is 4.09. The summed E-state index contributed by atoms with van der Waals surface area (Å²) in [6, 6.07) is 6.39. The van der Waals surface area contributed by atoms with Gasteiger partial charge in [0.25, 0.3) is 0 Å². The number of aryl methyl sites for hydroxylation is 2. The van der Waals surface area contributed by atoms with Crippen molar-refractivity contribution in [2.45, 2.75) is 26.2 Å². The Hall–Kier alpha value is -1.95. The maximum Gasteiger partial charge on any atom is 0.194 e. The first-order chi connectivity index (χ1) is 8.29. The van der Waals surface area contributed by atoms with Gasteiger partial charge in [0.1, 0.15) is 6.54 Å². The lowest BCUT2D eigenvalue weighted by molar-refractivity contribution is 0.912. The number of rotatable bonds is 2. The van der Waals surface area contributed by atoms with Crippen LogP contribution in [-0.2, 0) is 12.8 Å². The molecule has 0 heterocycles. The first kappa shape index (κ1) is 11.5. The second-order valence-corrected chi connectivity index (χ2v) is 4.09. The van der Waals surface area contributed by atoms with Gasteiger partial charge < -0.3 is 11.1 Å². The molecular weight excluding hydrogens is 210 g/mol. The molecule has 0 fully saturated rings. The van der Waals surface area contributed by atoms with E-state index in [1.54, 1.807) is 6.92 Å². The second kappa shape index (κ2) is 5.40. The van der Waals surface area contributed by atoms with Crippen LogP contribution in [0.3, 0.4) is 0 Å². The summed E-state index contributed by atoms with van der Waals surface area (Å²) in [5.74, 6) is 6.05.